The second-order valence-electron chi connectivity index (χ2n) is 6.61. The van der Waals surface area contributed by atoms with Crippen molar-refractivity contribution in [3.63, 3.8) is 0 Å². The number of ether oxygens (including phenoxy) is 1. The molecular weight excluding hydrogens is 324 g/mol. The van der Waals surface area contributed by atoms with Crippen LogP contribution in [0.1, 0.15) is 18.4 Å². The molecule has 24 heavy (non-hydrogen) atoms. The predicted octanol–water partition coefficient (Wildman–Crippen LogP) is 2.62. The van der Waals surface area contributed by atoms with Gasteiger partial charge in [-0.05, 0) is 30.8 Å². The molecule has 0 bridgehead atoms. The van der Waals surface area contributed by atoms with Gasteiger partial charge in [0.05, 0.1) is 11.4 Å². The molecule has 1 spiro atoms. The quantitative estimate of drug-likeness (QED) is 0.857. The van der Waals surface area contributed by atoms with Crippen molar-refractivity contribution in [2.45, 2.75) is 25.0 Å². The fourth-order valence-electron chi connectivity index (χ4n) is 3.56. The van der Waals surface area contributed by atoms with Gasteiger partial charge in [0.15, 0.2) is 5.82 Å². The van der Waals surface area contributed by atoms with Crippen molar-refractivity contribution < 1.29 is 9.53 Å². The number of hydrogen-bond donors (Lipinski definition) is 0. The van der Waals surface area contributed by atoms with Gasteiger partial charge in [-0.3, -0.25) is 4.90 Å². The van der Waals surface area contributed by atoms with Gasteiger partial charge in [-0.2, -0.15) is 0 Å². The van der Waals surface area contributed by atoms with E-state index in [9.17, 15) is 4.79 Å². The average molecular weight is 344 g/mol. The maximum Gasteiger partial charge on any atom is 0.410 e. The predicted molar refractivity (Wildman–Crippen MR) is 91.7 cm³/mol. The minimum absolute atomic E-state index is 0.208. The Morgan fingerprint density at radius 2 is 2.17 bits per heavy atom. The summed E-state index contributed by atoms with van der Waals surface area (Å²) < 4.78 is 5.65. The van der Waals surface area contributed by atoms with E-state index >= 15 is 0 Å². The maximum atomic E-state index is 11.7. The highest BCUT2D eigenvalue weighted by atomic mass is 32.1. The summed E-state index contributed by atoms with van der Waals surface area (Å²) >= 11 is 1.64. The van der Waals surface area contributed by atoms with E-state index in [1.54, 1.807) is 23.3 Å². The summed E-state index contributed by atoms with van der Waals surface area (Å²) in [5, 5.41) is 2.03. The van der Waals surface area contributed by atoms with Gasteiger partial charge < -0.3 is 9.64 Å². The Bertz CT molecular complexity index is 719. The summed E-state index contributed by atoms with van der Waals surface area (Å²) in [5.41, 5.74) is 0.743. The highest BCUT2D eigenvalue weighted by Gasteiger charge is 2.46. The molecule has 0 radical (unpaired) electrons. The lowest BCUT2D eigenvalue weighted by atomic mass is 9.92. The van der Waals surface area contributed by atoms with E-state index in [-0.39, 0.29) is 11.7 Å². The molecule has 0 N–H and O–H groups in total. The van der Waals surface area contributed by atoms with Crippen LogP contribution in [0.5, 0.6) is 0 Å². The number of carbonyl (C=O) groups excluding carboxylic acids is 1. The second-order valence-corrected chi connectivity index (χ2v) is 7.56. The van der Waals surface area contributed by atoms with Crippen LogP contribution in [0.3, 0.4) is 0 Å². The topological polar surface area (TPSA) is 58.6 Å². The smallest absolute Gasteiger partial charge is 0.410 e. The fourth-order valence-corrected chi connectivity index (χ4v) is 4.23. The number of nitrogens with zero attached hydrogens (tertiary/aromatic N) is 4. The average Bonchev–Trinajstić information content (AvgIpc) is 3.18. The lowest BCUT2D eigenvalue weighted by molar-refractivity contribution is -0.0114. The van der Waals surface area contributed by atoms with Crippen molar-refractivity contribution in [2.75, 3.05) is 26.7 Å². The highest BCUT2D eigenvalue weighted by Crippen LogP contribution is 2.32. The normalized spacial score (nSPS) is 24.5. The van der Waals surface area contributed by atoms with Gasteiger partial charge in [0, 0.05) is 38.1 Å². The second kappa shape index (κ2) is 6.14. The molecule has 7 heteroatoms. The highest BCUT2D eigenvalue weighted by molar-refractivity contribution is 7.13. The number of amides is 1. The van der Waals surface area contributed by atoms with E-state index in [1.807, 2.05) is 29.9 Å². The van der Waals surface area contributed by atoms with Crippen molar-refractivity contribution in [2.24, 2.45) is 0 Å². The van der Waals surface area contributed by atoms with Gasteiger partial charge in [0.1, 0.15) is 5.60 Å². The van der Waals surface area contributed by atoms with Crippen LogP contribution in [-0.2, 0) is 11.3 Å². The molecule has 126 valence electrons. The molecular formula is C17H20N4O2S. The number of thiophene rings is 1. The SMILES string of the molecule is CN1CC2(CCCN(Cc3cnc(-c4cccs4)nc3)C2)OC1=O. The molecule has 0 saturated carbocycles. The zero-order chi connectivity index (χ0) is 16.6. The van der Waals surface area contributed by atoms with Crippen molar-refractivity contribution >= 4 is 17.4 Å². The maximum absolute atomic E-state index is 11.7. The number of aromatic nitrogens is 2. The molecule has 6 nitrogen and oxygen atoms in total. The van der Waals surface area contributed by atoms with Crippen LogP contribution in [0.15, 0.2) is 29.9 Å². The van der Waals surface area contributed by atoms with Gasteiger partial charge in [-0.25, -0.2) is 14.8 Å². The number of likely N-dealkylation sites (tertiary alicyclic amines) is 1. The first-order chi connectivity index (χ1) is 11.6. The van der Waals surface area contributed by atoms with E-state index < -0.39 is 0 Å². The van der Waals surface area contributed by atoms with Crippen LogP contribution in [0.25, 0.3) is 10.7 Å². The third kappa shape index (κ3) is 3.01. The Kier molecular flexibility index (Phi) is 3.97. The third-order valence-corrected chi connectivity index (χ3v) is 5.48. The first-order valence-electron chi connectivity index (χ1n) is 8.15. The van der Waals surface area contributed by atoms with Crippen molar-refractivity contribution in [1.29, 1.82) is 0 Å². The molecule has 2 aromatic rings. The number of piperidine rings is 1. The summed E-state index contributed by atoms with van der Waals surface area (Å²) in [6.07, 6.45) is 5.56. The Morgan fingerprint density at radius 3 is 2.83 bits per heavy atom. The first-order valence-corrected chi connectivity index (χ1v) is 9.03. The molecule has 4 heterocycles. The summed E-state index contributed by atoms with van der Waals surface area (Å²) in [5.74, 6) is 0.773. The molecule has 2 aromatic heterocycles. The molecule has 2 aliphatic heterocycles. The van der Waals surface area contributed by atoms with Crippen molar-refractivity contribution in [1.82, 2.24) is 19.8 Å². The number of hydrogen-bond acceptors (Lipinski definition) is 6. The van der Waals surface area contributed by atoms with Crippen LogP contribution in [0, 0.1) is 0 Å². The van der Waals surface area contributed by atoms with Crippen LogP contribution >= 0.6 is 11.3 Å². The molecule has 0 aromatic carbocycles. The van der Waals surface area contributed by atoms with E-state index in [4.69, 9.17) is 4.74 Å². The zero-order valence-corrected chi connectivity index (χ0v) is 14.5. The van der Waals surface area contributed by atoms with Gasteiger partial charge in [0.25, 0.3) is 0 Å². The molecule has 2 saturated heterocycles. The minimum atomic E-state index is -0.345. The Morgan fingerprint density at radius 1 is 1.33 bits per heavy atom. The van der Waals surface area contributed by atoms with E-state index in [0.29, 0.717) is 6.54 Å². The molecule has 2 aliphatic rings. The molecule has 2 fully saturated rings. The van der Waals surface area contributed by atoms with Gasteiger partial charge in [-0.1, -0.05) is 6.07 Å². The van der Waals surface area contributed by atoms with Gasteiger partial charge in [0.2, 0.25) is 0 Å². The van der Waals surface area contributed by atoms with Crippen LogP contribution < -0.4 is 0 Å². The zero-order valence-electron chi connectivity index (χ0n) is 13.6. The summed E-state index contributed by atoms with van der Waals surface area (Å²) in [4.78, 5) is 25.8. The molecule has 1 amide bonds. The van der Waals surface area contributed by atoms with E-state index in [2.05, 4.69) is 14.9 Å². The largest absolute Gasteiger partial charge is 0.440 e. The fraction of sp³-hybridized carbons (Fsp3) is 0.471. The Balaban J connectivity index is 1.43. The lowest BCUT2D eigenvalue weighted by Crippen LogP contribution is -2.50. The lowest BCUT2D eigenvalue weighted by Gasteiger charge is -2.38. The minimum Gasteiger partial charge on any atom is -0.440 e. The van der Waals surface area contributed by atoms with Gasteiger partial charge >= 0.3 is 6.09 Å². The Hall–Kier alpha value is -1.99. The summed E-state index contributed by atoms with van der Waals surface area (Å²) in [6.45, 7) is 3.25. The van der Waals surface area contributed by atoms with Crippen LogP contribution in [0.4, 0.5) is 4.79 Å². The molecule has 4 rings (SSSR count). The number of carbonyl (C=O) groups is 1. The van der Waals surface area contributed by atoms with E-state index in [1.165, 1.54) is 0 Å². The third-order valence-electron chi connectivity index (χ3n) is 4.61. The van der Waals surface area contributed by atoms with Crippen molar-refractivity contribution in [3.05, 3.63) is 35.5 Å². The van der Waals surface area contributed by atoms with Crippen LogP contribution in [0.2, 0.25) is 0 Å². The van der Waals surface area contributed by atoms with Crippen molar-refractivity contribution in [3.8, 4) is 10.7 Å². The molecule has 0 aliphatic carbocycles. The van der Waals surface area contributed by atoms with Crippen LogP contribution in [-0.4, -0.2) is 58.1 Å². The molecule has 1 unspecified atom stereocenters. The first kappa shape index (κ1) is 15.5. The molecule has 1 atom stereocenters. The summed E-state index contributed by atoms with van der Waals surface area (Å²) in [6, 6.07) is 4.03. The van der Waals surface area contributed by atoms with E-state index in [0.717, 1.165) is 48.7 Å². The monoisotopic (exact) mass is 344 g/mol. The number of likely N-dealkylation sites (N-methyl/N-ethyl adjacent to an activating group) is 1. The standard InChI is InChI=1S/C17H20N4O2S/c1-20-11-17(23-16(20)22)5-3-6-21(12-17)10-13-8-18-15(19-9-13)14-4-2-7-24-14/h2,4,7-9H,3,5-6,10-12H2,1H3. The van der Waals surface area contributed by atoms with Gasteiger partial charge in [-0.15, -0.1) is 11.3 Å². The number of rotatable bonds is 3. The Labute approximate surface area is 145 Å². The summed E-state index contributed by atoms with van der Waals surface area (Å²) in [7, 11) is 1.80.